The number of hydrogen-bond donors (Lipinski definition) is 1. The van der Waals surface area contributed by atoms with Crippen molar-refractivity contribution in [3.63, 3.8) is 0 Å². The van der Waals surface area contributed by atoms with Crippen molar-refractivity contribution in [1.29, 1.82) is 0 Å². The number of amides is 1. The molecule has 0 radical (unpaired) electrons. The Bertz CT molecular complexity index is 1020. The molecule has 1 aliphatic heterocycles. The minimum atomic E-state index is -0.330. The van der Waals surface area contributed by atoms with Crippen molar-refractivity contribution in [1.82, 2.24) is 15.0 Å². The summed E-state index contributed by atoms with van der Waals surface area (Å²) >= 11 is 6.15. The quantitative estimate of drug-likeness (QED) is 0.635. The number of aromatic nitrogens is 2. The van der Waals surface area contributed by atoms with E-state index in [2.05, 4.69) is 20.4 Å². The van der Waals surface area contributed by atoms with Gasteiger partial charge in [-0.2, -0.15) is 4.98 Å². The minimum absolute atomic E-state index is 0.0380. The molecular weight excluding hydrogens is 407 g/mol. The molecule has 2 heterocycles. The van der Waals surface area contributed by atoms with E-state index in [1.807, 2.05) is 19.1 Å². The number of nitrogens with one attached hydrogen (secondary N) is 1. The molecule has 1 amide bonds. The number of likely N-dealkylation sites (tertiary alicyclic amines) is 1. The summed E-state index contributed by atoms with van der Waals surface area (Å²) in [4.78, 5) is 19.4. The van der Waals surface area contributed by atoms with Gasteiger partial charge in [0.1, 0.15) is 5.82 Å². The summed E-state index contributed by atoms with van der Waals surface area (Å²) in [5.41, 5.74) is 1.30. The first-order valence-corrected chi connectivity index (χ1v) is 10.3. The summed E-state index contributed by atoms with van der Waals surface area (Å²) < 4.78 is 18.6. The smallest absolute Gasteiger partial charge is 0.241 e. The molecule has 2 atom stereocenters. The summed E-state index contributed by atoms with van der Waals surface area (Å²) in [6.45, 7) is 3.33. The maximum absolute atomic E-state index is 13.1. The lowest BCUT2D eigenvalue weighted by Gasteiger charge is -2.34. The van der Waals surface area contributed by atoms with Gasteiger partial charge in [-0.15, -0.1) is 0 Å². The van der Waals surface area contributed by atoms with E-state index >= 15 is 0 Å². The van der Waals surface area contributed by atoms with Crippen LogP contribution in [0.5, 0.6) is 0 Å². The average molecular weight is 429 g/mol. The Balaban J connectivity index is 1.42. The maximum atomic E-state index is 13.1. The van der Waals surface area contributed by atoms with Crippen LogP contribution in [-0.4, -0.2) is 40.1 Å². The lowest BCUT2D eigenvalue weighted by molar-refractivity contribution is -0.121. The Morgan fingerprint density at radius 3 is 2.80 bits per heavy atom. The molecule has 2 aromatic carbocycles. The number of para-hydroxylation sites is 1. The van der Waals surface area contributed by atoms with E-state index in [0.29, 0.717) is 34.5 Å². The molecule has 6 nitrogen and oxygen atoms in total. The number of halogens is 2. The van der Waals surface area contributed by atoms with E-state index in [1.165, 1.54) is 12.1 Å². The number of anilines is 1. The van der Waals surface area contributed by atoms with Crippen molar-refractivity contribution in [3.8, 4) is 11.4 Å². The molecule has 3 aromatic rings. The lowest BCUT2D eigenvalue weighted by atomic mass is 9.96. The average Bonchev–Trinajstić information content (AvgIpc) is 3.26. The van der Waals surface area contributed by atoms with Gasteiger partial charge in [0.2, 0.25) is 17.6 Å². The number of benzene rings is 2. The fourth-order valence-electron chi connectivity index (χ4n) is 3.64. The molecule has 1 aliphatic rings. The molecule has 8 heteroatoms. The van der Waals surface area contributed by atoms with E-state index in [0.717, 1.165) is 19.4 Å². The fourth-order valence-corrected chi connectivity index (χ4v) is 3.83. The second kappa shape index (κ2) is 8.93. The largest absolute Gasteiger partial charge is 0.339 e. The summed E-state index contributed by atoms with van der Waals surface area (Å²) in [6, 6.07) is 12.8. The number of piperidine rings is 1. The molecule has 0 aliphatic carbocycles. The summed E-state index contributed by atoms with van der Waals surface area (Å²) in [6.07, 6.45) is 1.82. The molecule has 1 N–H and O–H groups in total. The van der Waals surface area contributed by atoms with E-state index in [-0.39, 0.29) is 23.7 Å². The summed E-state index contributed by atoms with van der Waals surface area (Å²) in [5, 5.41) is 7.45. The highest BCUT2D eigenvalue weighted by molar-refractivity contribution is 6.33. The molecular formula is C22H22ClFN4O2. The zero-order chi connectivity index (χ0) is 21.1. The Kier molecular flexibility index (Phi) is 6.11. The highest BCUT2D eigenvalue weighted by Gasteiger charge is 2.31. The van der Waals surface area contributed by atoms with Crippen LogP contribution < -0.4 is 5.32 Å². The maximum Gasteiger partial charge on any atom is 0.241 e. The number of hydrogen-bond acceptors (Lipinski definition) is 5. The first-order chi connectivity index (χ1) is 14.5. The third-order valence-electron chi connectivity index (χ3n) is 5.41. The van der Waals surface area contributed by atoms with Crippen LogP contribution in [-0.2, 0) is 4.79 Å². The van der Waals surface area contributed by atoms with Crippen molar-refractivity contribution in [2.24, 2.45) is 0 Å². The molecule has 1 aromatic heterocycles. The minimum Gasteiger partial charge on any atom is -0.339 e. The van der Waals surface area contributed by atoms with Gasteiger partial charge < -0.3 is 9.84 Å². The highest BCUT2D eigenvalue weighted by atomic mass is 35.5. The molecule has 30 heavy (non-hydrogen) atoms. The SMILES string of the molecule is CC(C(=O)Nc1ccccc1Cl)N1CCCC(c2nc(-c3ccc(F)cc3)no2)C1. The predicted molar refractivity (Wildman–Crippen MR) is 113 cm³/mol. The highest BCUT2D eigenvalue weighted by Crippen LogP contribution is 2.29. The first kappa shape index (κ1) is 20.5. The molecule has 1 fully saturated rings. The van der Waals surface area contributed by atoms with Gasteiger partial charge in [-0.25, -0.2) is 4.39 Å². The summed E-state index contributed by atoms with van der Waals surface area (Å²) in [7, 11) is 0. The Morgan fingerprint density at radius 2 is 2.03 bits per heavy atom. The van der Waals surface area contributed by atoms with Crippen molar-refractivity contribution in [2.45, 2.75) is 31.7 Å². The Hall–Kier alpha value is -2.77. The second-order valence-electron chi connectivity index (χ2n) is 7.44. The van der Waals surface area contributed by atoms with Crippen LogP contribution in [0.3, 0.4) is 0 Å². The third-order valence-corrected chi connectivity index (χ3v) is 5.73. The van der Waals surface area contributed by atoms with Gasteiger partial charge >= 0.3 is 0 Å². The molecule has 156 valence electrons. The second-order valence-corrected chi connectivity index (χ2v) is 7.85. The van der Waals surface area contributed by atoms with E-state index in [9.17, 15) is 9.18 Å². The monoisotopic (exact) mass is 428 g/mol. The van der Waals surface area contributed by atoms with Crippen LogP contribution in [0.25, 0.3) is 11.4 Å². The normalized spacial score (nSPS) is 18.2. The van der Waals surface area contributed by atoms with Gasteiger partial charge in [-0.3, -0.25) is 9.69 Å². The number of nitrogens with zero attached hydrogens (tertiary/aromatic N) is 3. The van der Waals surface area contributed by atoms with Gasteiger partial charge in [0, 0.05) is 12.1 Å². The predicted octanol–water partition coefficient (Wildman–Crippen LogP) is 4.74. The van der Waals surface area contributed by atoms with Crippen LogP contribution in [0.15, 0.2) is 53.1 Å². The number of carbonyl (C=O) groups is 1. The molecule has 0 saturated carbocycles. The van der Waals surface area contributed by atoms with Crippen LogP contribution >= 0.6 is 11.6 Å². The van der Waals surface area contributed by atoms with Gasteiger partial charge in [0.05, 0.1) is 22.7 Å². The molecule has 1 saturated heterocycles. The standard InChI is InChI=1S/C22H22ClFN4O2/c1-14(21(29)25-19-7-3-2-6-18(19)23)28-12-4-5-16(13-28)22-26-20(27-30-22)15-8-10-17(24)11-9-15/h2-3,6-11,14,16H,4-5,12-13H2,1H3,(H,25,29). The number of carbonyl (C=O) groups excluding carboxylic acids is 1. The summed E-state index contributed by atoms with van der Waals surface area (Å²) in [5.74, 6) is 0.594. The van der Waals surface area contributed by atoms with Crippen LogP contribution in [0, 0.1) is 5.82 Å². The van der Waals surface area contributed by atoms with Gasteiger partial charge in [-0.05, 0) is 62.7 Å². The molecule has 0 spiro atoms. The topological polar surface area (TPSA) is 71.3 Å². The van der Waals surface area contributed by atoms with Gasteiger partial charge in [-0.1, -0.05) is 28.9 Å². The van der Waals surface area contributed by atoms with Crippen molar-refractivity contribution in [2.75, 3.05) is 18.4 Å². The van der Waals surface area contributed by atoms with Crippen molar-refractivity contribution in [3.05, 3.63) is 65.3 Å². The van der Waals surface area contributed by atoms with Crippen molar-refractivity contribution >= 4 is 23.2 Å². The van der Waals surface area contributed by atoms with Gasteiger partial charge in [0.25, 0.3) is 0 Å². The molecule has 4 rings (SSSR count). The molecule has 2 unspecified atom stereocenters. The van der Waals surface area contributed by atoms with E-state index in [4.69, 9.17) is 16.1 Å². The third kappa shape index (κ3) is 4.52. The van der Waals surface area contributed by atoms with E-state index in [1.54, 1.807) is 24.3 Å². The first-order valence-electron chi connectivity index (χ1n) is 9.90. The number of rotatable bonds is 5. The fraction of sp³-hybridized carbons (Fsp3) is 0.318. The van der Waals surface area contributed by atoms with Gasteiger partial charge in [0.15, 0.2) is 0 Å². The molecule has 0 bridgehead atoms. The van der Waals surface area contributed by atoms with Crippen LogP contribution in [0.2, 0.25) is 5.02 Å². The van der Waals surface area contributed by atoms with Crippen LogP contribution in [0.4, 0.5) is 10.1 Å². The Morgan fingerprint density at radius 1 is 1.27 bits per heavy atom. The Labute approximate surface area is 179 Å². The van der Waals surface area contributed by atoms with Crippen LogP contribution in [0.1, 0.15) is 31.6 Å². The van der Waals surface area contributed by atoms with E-state index < -0.39 is 0 Å². The zero-order valence-corrected chi connectivity index (χ0v) is 17.3. The van der Waals surface area contributed by atoms with Crippen molar-refractivity contribution < 1.29 is 13.7 Å². The zero-order valence-electron chi connectivity index (χ0n) is 16.5. The lowest BCUT2D eigenvalue weighted by Crippen LogP contribution is -2.46.